The van der Waals surface area contributed by atoms with Crippen molar-refractivity contribution in [2.45, 2.75) is 44.4 Å². The third kappa shape index (κ3) is 4.61. The van der Waals surface area contributed by atoms with Crippen LogP contribution in [0, 0.1) is 6.92 Å². The number of hydrogen-bond donors (Lipinski definition) is 1. The van der Waals surface area contributed by atoms with Crippen LogP contribution in [0.2, 0.25) is 0 Å². The van der Waals surface area contributed by atoms with Gasteiger partial charge >= 0.3 is 6.18 Å². The van der Waals surface area contributed by atoms with Crippen LogP contribution >= 0.6 is 15.9 Å². The Balaban J connectivity index is 1.95. The molecule has 1 N–H and O–H groups in total. The van der Waals surface area contributed by atoms with E-state index in [4.69, 9.17) is 0 Å². The molecule has 12 heteroatoms. The maximum absolute atomic E-state index is 12.8. The molecular weight excluding hydrogens is 427 g/mol. The number of nitrogens with zero attached hydrogens (tertiary/aromatic N) is 4. The van der Waals surface area contributed by atoms with Crippen LogP contribution in [0.25, 0.3) is 0 Å². The van der Waals surface area contributed by atoms with Gasteiger partial charge in [0.2, 0.25) is 10.0 Å². The molecule has 0 aliphatic heterocycles. The van der Waals surface area contributed by atoms with Crippen LogP contribution in [-0.4, -0.2) is 34.5 Å². The fraction of sp³-hybridized carbons (Fsp3) is 0.538. The van der Waals surface area contributed by atoms with Crippen molar-refractivity contribution >= 4 is 26.0 Å². The van der Waals surface area contributed by atoms with Gasteiger partial charge in [-0.3, -0.25) is 9.36 Å². The highest BCUT2D eigenvalue weighted by Crippen LogP contribution is 2.35. The molecule has 2 aromatic rings. The van der Waals surface area contributed by atoms with Crippen molar-refractivity contribution in [2.24, 2.45) is 0 Å². The van der Waals surface area contributed by atoms with Gasteiger partial charge in [-0.15, -0.1) is 0 Å². The Morgan fingerprint density at radius 1 is 1.36 bits per heavy atom. The predicted octanol–water partition coefficient (Wildman–Crippen LogP) is 2.56. The number of rotatable bonds is 7. The van der Waals surface area contributed by atoms with Gasteiger partial charge in [-0.25, -0.2) is 13.1 Å². The van der Waals surface area contributed by atoms with E-state index >= 15 is 0 Å². The molecule has 0 amide bonds. The van der Waals surface area contributed by atoms with Crippen LogP contribution in [0.1, 0.15) is 24.7 Å². The van der Waals surface area contributed by atoms with Crippen molar-refractivity contribution in [1.29, 1.82) is 0 Å². The highest BCUT2D eigenvalue weighted by molar-refractivity contribution is 9.10. The number of sulfonamides is 1. The van der Waals surface area contributed by atoms with Crippen molar-refractivity contribution in [3.05, 3.63) is 28.3 Å². The average Bonchev–Trinajstić information content (AvgIpc) is 3.11. The standard InChI is InChI=1S/C13H17BrF3N5O2S/c1-3-21-8-10(7-18-21)25(23,24)19-5-4-6-22-9(2)11(14)12(20-22)13(15,16)17/h7-8,19H,3-6H2,1-2H3. The third-order valence-corrected chi connectivity index (χ3v) is 5.85. The molecule has 2 heterocycles. The molecule has 0 saturated heterocycles. The molecule has 0 spiro atoms. The van der Waals surface area contributed by atoms with Crippen LogP contribution in [0.15, 0.2) is 21.8 Å². The summed E-state index contributed by atoms with van der Waals surface area (Å²) in [5.74, 6) is 0. The maximum atomic E-state index is 12.8. The second-order valence-corrected chi connectivity index (χ2v) is 7.81. The number of aromatic nitrogens is 4. The number of halogens is 4. The Morgan fingerprint density at radius 3 is 2.56 bits per heavy atom. The van der Waals surface area contributed by atoms with Crippen molar-refractivity contribution < 1.29 is 21.6 Å². The van der Waals surface area contributed by atoms with Crippen molar-refractivity contribution in [3.8, 4) is 0 Å². The molecule has 2 rings (SSSR count). The molecule has 0 bridgehead atoms. The van der Waals surface area contributed by atoms with Gasteiger partial charge in [0.15, 0.2) is 5.69 Å². The Kier molecular flexibility index (Phi) is 5.94. The van der Waals surface area contributed by atoms with Crippen molar-refractivity contribution in [1.82, 2.24) is 24.3 Å². The summed E-state index contributed by atoms with van der Waals surface area (Å²) >= 11 is 2.89. The fourth-order valence-corrected chi connectivity index (χ4v) is 3.63. The van der Waals surface area contributed by atoms with Crippen LogP contribution in [0.4, 0.5) is 13.2 Å². The van der Waals surface area contributed by atoms with Gasteiger partial charge in [0.05, 0.1) is 16.4 Å². The normalized spacial score (nSPS) is 12.7. The molecule has 140 valence electrons. The molecule has 0 saturated carbocycles. The molecule has 0 fully saturated rings. The summed E-state index contributed by atoms with van der Waals surface area (Å²) in [6.45, 7) is 4.10. The first-order chi connectivity index (χ1) is 11.6. The highest BCUT2D eigenvalue weighted by atomic mass is 79.9. The summed E-state index contributed by atoms with van der Waals surface area (Å²) in [4.78, 5) is 0.0479. The highest BCUT2D eigenvalue weighted by Gasteiger charge is 2.37. The van der Waals surface area contributed by atoms with Crippen LogP contribution in [-0.2, 0) is 29.3 Å². The van der Waals surface area contributed by atoms with Gasteiger partial charge in [-0.2, -0.15) is 23.4 Å². The zero-order valence-electron chi connectivity index (χ0n) is 13.5. The second kappa shape index (κ2) is 7.46. The van der Waals surface area contributed by atoms with E-state index in [1.54, 1.807) is 0 Å². The first-order valence-corrected chi connectivity index (χ1v) is 9.66. The number of aryl methyl sites for hydroxylation is 2. The number of alkyl halides is 3. The summed E-state index contributed by atoms with van der Waals surface area (Å²) in [5, 5.41) is 7.44. The lowest BCUT2D eigenvalue weighted by Gasteiger charge is -2.06. The Hall–Kier alpha value is -1.40. The first-order valence-electron chi connectivity index (χ1n) is 7.38. The van der Waals surface area contributed by atoms with Crippen LogP contribution in [0.3, 0.4) is 0 Å². The van der Waals surface area contributed by atoms with E-state index in [1.165, 1.54) is 28.7 Å². The van der Waals surface area contributed by atoms with E-state index in [-0.39, 0.29) is 28.9 Å². The van der Waals surface area contributed by atoms with Crippen LogP contribution in [0.5, 0.6) is 0 Å². The van der Waals surface area contributed by atoms with Gasteiger partial charge in [0, 0.05) is 25.8 Å². The molecule has 0 aliphatic rings. The zero-order chi connectivity index (χ0) is 18.8. The minimum Gasteiger partial charge on any atom is -0.272 e. The zero-order valence-corrected chi connectivity index (χ0v) is 15.9. The number of nitrogens with one attached hydrogen (secondary N) is 1. The largest absolute Gasteiger partial charge is 0.436 e. The molecule has 0 unspecified atom stereocenters. The van der Waals surface area contributed by atoms with Gasteiger partial charge in [-0.1, -0.05) is 0 Å². The van der Waals surface area contributed by atoms with E-state index < -0.39 is 21.9 Å². The summed E-state index contributed by atoms with van der Waals surface area (Å²) in [6, 6.07) is 0. The SMILES string of the molecule is CCn1cc(S(=O)(=O)NCCCn2nc(C(F)(F)F)c(Br)c2C)cn1. The molecule has 0 aliphatic carbocycles. The smallest absolute Gasteiger partial charge is 0.272 e. The molecule has 0 atom stereocenters. The lowest BCUT2D eigenvalue weighted by molar-refractivity contribution is -0.142. The first kappa shape index (κ1) is 19.9. The van der Waals surface area contributed by atoms with E-state index in [0.717, 1.165) is 0 Å². The topological polar surface area (TPSA) is 81.8 Å². The van der Waals surface area contributed by atoms with Gasteiger partial charge in [0.1, 0.15) is 4.90 Å². The van der Waals surface area contributed by atoms with Gasteiger partial charge < -0.3 is 0 Å². The van der Waals surface area contributed by atoms with E-state index in [2.05, 4.69) is 30.8 Å². The van der Waals surface area contributed by atoms with Gasteiger partial charge in [0.25, 0.3) is 0 Å². The van der Waals surface area contributed by atoms with Crippen molar-refractivity contribution in [2.75, 3.05) is 6.54 Å². The Morgan fingerprint density at radius 2 is 2.04 bits per heavy atom. The monoisotopic (exact) mass is 443 g/mol. The predicted molar refractivity (Wildman–Crippen MR) is 87.4 cm³/mol. The second-order valence-electron chi connectivity index (χ2n) is 5.25. The van der Waals surface area contributed by atoms with Gasteiger partial charge in [-0.05, 0) is 36.2 Å². The molecule has 2 aromatic heterocycles. The molecule has 7 nitrogen and oxygen atoms in total. The van der Waals surface area contributed by atoms with E-state index in [9.17, 15) is 21.6 Å². The summed E-state index contributed by atoms with van der Waals surface area (Å²) in [6.07, 6.45) is -1.60. The maximum Gasteiger partial charge on any atom is 0.436 e. The minimum atomic E-state index is -4.55. The lowest BCUT2D eigenvalue weighted by Crippen LogP contribution is -2.25. The Labute approximate surface area is 151 Å². The summed E-state index contributed by atoms with van der Waals surface area (Å²) in [5.41, 5.74) is -0.656. The quantitative estimate of drug-likeness (QED) is 0.666. The summed E-state index contributed by atoms with van der Waals surface area (Å²) < 4.78 is 67.6. The lowest BCUT2D eigenvalue weighted by atomic mass is 10.3. The summed E-state index contributed by atoms with van der Waals surface area (Å²) in [7, 11) is -3.69. The number of hydrogen-bond acceptors (Lipinski definition) is 4. The van der Waals surface area contributed by atoms with E-state index in [0.29, 0.717) is 12.2 Å². The fourth-order valence-electron chi connectivity index (χ4n) is 2.10. The van der Waals surface area contributed by atoms with E-state index in [1.807, 2.05) is 6.92 Å². The van der Waals surface area contributed by atoms with Crippen molar-refractivity contribution in [3.63, 3.8) is 0 Å². The molecule has 25 heavy (non-hydrogen) atoms. The van der Waals surface area contributed by atoms with Crippen LogP contribution < -0.4 is 4.72 Å². The Bertz CT molecular complexity index is 844. The average molecular weight is 444 g/mol. The molecule has 0 aromatic carbocycles. The molecular formula is C13H17BrF3N5O2S. The third-order valence-electron chi connectivity index (χ3n) is 3.48. The minimum absolute atomic E-state index is 0.0479. The molecule has 0 radical (unpaired) electrons.